The second-order valence-electron chi connectivity index (χ2n) is 6.19. The van der Waals surface area contributed by atoms with Crippen molar-refractivity contribution in [2.24, 2.45) is 0 Å². The first-order valence-corrected chi connectivity index (χ1v) is 8.69. The number of carbonyl (C=O) groups excluding carboxylic acids is 1. The van der Waals surface area contributed by atoms with E-state index in [0.717, 1.165) is 11.1 Å². The lowest BCUT2D eigenvalue weighted by Crippen LogP contribution is -2.24. The molecule has 1 N–H and O–H groups in total. The predicted molar refractivity (Wildman–Crippen MR) is 105 cm³/mol. The van der Waals surface area contributed by atoms with Crippen LogP contribution in [0.3, 0.4) is 0 Å². The highest BCUT2D eigenvalue weighted by atomic mass is 16.5. The first-order chi connectivity index (χ1) is 13.1. The Morgan fingerprint density at radius 3 is 2.70 bits per heavy atom. The largest absolute Gasteiger partial charge is 0.437 e. The van der Waals surface area contributed by atoms with Crippen LogP contribution in [0.4, 0.5) is 0 Å². The molecule has 0 saturated heterocycles. The summed E-state index contributed by atoms with van der Waals surface area (Å²) in [6, 6.07) is 15.4. The molecular weight excluding hydrogens is 338 g/mol. The van der Waals surface area contributed by atoms with Gasteiger partial charge in [0, 0.05) is 18.5 Å². The summed E-state index contributed by atoms with van der Waals surface area (Å²) in [4.78, 5) is 20.3. The van der Waals surface area contributed by atoms with E-state index in [1.807, 2.05) is 62.4 Å². The lowest BCUT2D eigenvalue weighted by molar-refractivity contribution is -0.117. The highest BCUT2D eigenvalue weighted by molar-refractivity contribution is 5.91. The second-order valence-corrected chi connectivity index (χ2v) is 6.19. The van der Waals surface area contributed by atoms with Gasteiger partial charge in [-0.05, 0) is 43.2 Å². The third-order valence-corrected chi connectivity index (χ3v) is 3.98. The van der Waals surface area contributed by atoms with E-state index in [4.69, 9.17) is 4.74 Å². The molecule has 0 fully saturated rings. The van der Waals surface area contributed by atoms with Crippen molar-refractivity contribution in [1.82, 2.24) is 15.3 Å². The Hall–Kier alpha value is -3.47. The molecule has 0 spiro atoms. The molecule has 0 radical (unpaired) electrons. The van der Waals surface area contributed by atoms with E-state index in [2.05, 4.69) is 15.3 Å². The van der Waals surface area contributed by atoms with E-state index >= 15 is 0 Å². The number of hydrogen-bond donors (Lipinski definition) is 1. The number of rotatable bonds is 6. The van der Waals surface area contributed by atoms with E-state index in [0.29, 0.717) is 11.6 Å². The van der Waals surface area contributed by atoms with Gasteiger partial charge in [0.15, 0.2) is 0 Å². The molecule has 2 aromatic carbocycles. The molecule has 5 nitrogen and oxygen atoms in total. The Bertz CT molecular complexity index is 922. The van der Waals surface area contributed by atoms with E-state index in [9.17, 15) is 4.79 Å². The third-order valence-electron chi connectivity index (χ3n) is 3.98. The Morgan fingerprint density at radius 1 is 1.15 bits per heavy atom. The van der Waals surface area contributed by atoms with Crippen LogP contribution in [0.5, 0.6) is 11.6 Å². The van der Waals surface area contributed by atoms with Gasteiger partial charge in [0.1, 0.15) is 5.75 Å². The number of aromatic nitrogens is 2. The summed E-state index contributed by atoms with van der Waals surface area (Å²) in [5.41, 5.74) is 3.12. The second kappa shape index (κ2) is 8.76. The van der Waals surface area contributed by atoms with E-state index in [-0.39, 0.29) is 11.9 Å². The Morgan fingerprint density at radius 2 is 1.96 bits per heavy atom. The number of ether oxygens (including phenoxy) is 1. The average Bonchev–Trinajstić information content (AvgIpc) is 2.68. The summed E-state index contributed by atoms with van der Waals surface area (Å²) >= 11 is 0. The van der Waals surface area contributed by atoms with Crippen molar-refractivity contribution >= 4 is 12.0 Å². The SMILES string of the molecule is Cc1ccc(/C=C/C(=O)NC(C)c2cccc(Oc3cnccn3)c2)cc1. The van der Waals surface area contributed by atoms with Crippen LogP contribution in [0, 0.1) is 6.92 Å². The van der Waals surface area contributed by atoms with Crippen LogP contribution in [0.15, 0.2) is 73.2 Å². The summed E-state index contributed by atoms with van der Waals surface area (Å²) < 4.78 is 5.69. The normalized spacial score (nSPS) is 11.9. The van der Waals surface area contributed by atoms with Crippen molar-refractivity contribution in [2.45, 2.75) is 19.9 Å². The van der Waals surface area contributed by atoms with Gasteiger partial charge in [0.05, 0.1) is 12.2 Å². The molecule has 27 heavy (non-hydrogen) atoms. The average molecular weight is 359 g/mol. The first-order valence-electron chi connectivity index (χ1n) is 8.69. The minimum Gasteiger partial charge on any atom is -0.437 e. The zero-order chi connectivity index (χ0) is 19.1. The van der Waals surface area contributed by atoms with Gasteiger partial charge in [-0.15, -0.1) is 0 Å². The van der Waals surface area contributed by atoms with Crippen molar-refractivity contribution in [2.75, 3.05) is 0 Å². The predicted octanol–water partition coefficient (Wildman–Crippen LogP) is 4.47. The molecule has 1 unspecified atom stereocenters. The van der Waals surface area contributed by atoms with Crippen LogP contribution >= 0.6 is 0 Å². The molecule has 3 aromatic rings. The van der Waals surface area contributed by atoms with Gasteiger partial charge in [-0.1, -0.05) is 42.0 Å². The van der Waals surface area contributed by atoms with Crippen LogP contribution < -0.4 is 10.1 Å². The van der Waals surface area contributed by atoms with Gasteiger partial charge in [0.2, 0.25) is 11.8 Å². The van der Waals surface area contributed by atoms with Gasteiger partial charge in [-0.2, -0.15) is 0 Å². The van der Waals surface area contributed by atoms with Crippen LogP contribution in [-0.4, -0.2) is 15.9 Å². The fourth-order valence-corrected chi connectivity index (χ4v) is 2.50. The summed E-state index contributed by atoms with van der Waals surface area (Å²) in [5.74, 6) is 0.917. The van der Waals surface area contributed by atoms with Gasteiger partial charge in [0.25, 0.3) is 0 Å². The first kappa shape index (κ1) is 18.3. The van der Waals surface area contributed by atoms with Crippen molar-refractivity contribution < 1.29 is 9.53 Å². The van der Waals surface area contributed by atoms with Gasteiger partial charge < -0.3 is 10.1 Å². The van der Waals surface area contributed by atoms with Crippen LogP contribution in [0.25, 0.3) is 6.08 Å². The molecule has 3 rings (SSSR count). The molecule has 1 aromatic heterocycles. The zero-order valence-corrected chi connectivity index (χ0v) is 15.3. The molecule has 0 aliphatic heterocycles. The molecule has 5 heteroatoms. The lowest BCUT2D eigenvalue weighted by atomic mass is 10.1. The van der Waals surface area contributed by atoms with E-state index in [1.54, 1.807) is 30.7 Å². The number of nitrogens with zero attached hydrogens (tertiary/aromatic N) is 2. The van der Waals surface area contributed by atoms with Gasteiger partial charge >= 0.3 is 0 Å². The molecule has 0 aliphatic rings. The van der Waals surface area contributed by atoms with Crippen LogP contribution in [0.1, 0.15) is 29.7 Å². The van der Waals surface area contributed by atoms with Gasteiger partial charge in [-0.3, -0.25) is 9.78 Å². The Kier molecular flexibility index (Phi) is 5.94. The molecule has 0 saturated carbocycles. The Balaban J connectivity index is 1.61. The number of aryl methyl sites for hydroxylation is 1. The van der Waals surface area contributed by atoms with Crippen LogP contribution in [0.2, 0.25) is 0 Å². The number of nitrogens with one attached hydrogen (secondary N) is 1. The summed E-state index contributed by atoms with van der Waals surface area (Å²) in [5, 5.41) is 2.96. The fourth-order valence-electron chi connectivity index (χ4n) is 2.50. The molecule has 136 valence electrons. The molecule has 0 bridgehead atoms. The minimum atomic E-state index is -0.162. The Labute approximate surface area is 158 Å². The number of carbonyl (C=O) groups is 1. The van der Waals surface area contributed by atoms with Crippen molar-refractivity contribution in [3.05, 3.63) is 89.9 Å². The molecule has 1 amide bonds. The fraction of sp³-hybridized carbons (Fsp3) is 0.136. The summed E-state index contributed by atoms with van der Waals surface area (Å²) in [6.07, 6.45) is 8.05. The highest BCUT2D eigenvalue weighted by Crippen LogP contribution is 2.22. The summed E-state index contributed by atoms with van der Waals surface area (Å²) in [7, 11) is 0. The standard InChI is InChI=1S/C22H21N3O2/c1-16-6-8-18(9-7-16)10-11-21(26)25-17(2)19-4-3-5-20(14-19)27-22-15-23-12-13-24-22/h3-15,17H,1-2H3,(H,25,26)/b11-10+. The molecular formula is C22H21N3O2. The third kappa shape index (κ3) is 5.51. The molecule has 1 heterocycles. The topological polar surface area (TPSA) is 64.1 Å². The summed E-state index contributed by atoms with van der Waals surface area (Å²) in [6.45, 7) is 3.96. The quantitative estimate of drug-likeness (QED) is 0.660. The zero-order valence-electron chi connectivity index (χ0n) is 15.3. The lowest BCUT2D eigenvalue weighted by Gasteiger charge is -2.14. The van der Waals surface area contributed by atoms with Gasteiger partial charge in [-0.25, -0.2) is 4.98 Å². The van der Waals surface area contributed by atoms with Crippen molar-refractivity contribution in [1.29, 1.82) is 0 Å². The highest BCUT2D eigenvalue weighted by Gasteiger charge is 2.09. The van der Waals surface area contributed by atoms with Crippen molar-refractivity contribution in [3.63, 3.8) is 0 Å². The monoisotopic (exact) mass is 359 g/mol. The minimum absolute atomic E-state index is 0.150. The van der Waals surface area contributed by atoms with Crippen molar-refractivity contribution in [3.8, 4) is 11.6 Å². The van der Waals surface area contributed by atoms with E-state index < -0.39 is 0 Å². The number of hydrogen-bond acceptors (Lipinski definition) is 4. The maximum atomic E-state index is 12.2. The van der Waals surface area contributed by atoms with E-state index in [1.165, 1.54) is 5.56 Å². The molecule has 1 atom stereocenters. The maximum absolute atomic E-state index is 12.2. The molecule has 0 aliphatic carbocycles. The number of benzene rings is 2. The maximum Gasteiger partial charge on any atom is 0.244 e. The smallest absolute Gasteiger partial charge is 0.244 e. The van der Waals surface area contributed by atoms with Crippen LogP contribution in [-0.2, 0) is 4.79 Å². The number of amides is 1.